The van der Waals surface area contributed by atoms with Crippen LogP contribution >= 0.6 is 0 Å². The molecule has 0 saturated heterocycles. The third-order valence-corrected chi connectivity index (χ3v) is 4.63. The Bertz CT molecular complexity index is 974. The number of nitrogens with two attached hydrogens (primary N) is 1. The van der Waals surface area contributed by atoms with E-state index in [4.69, 9.17) is 5.73 Å². The smallest absolute Gasteiger partial charge is 0.369 e. The molecule has 0 aliphatic heterocycles. The van der Waals surface area contributed by atoms with Crippen molar-refractivity contribution < 1.29 is 18.0 Å². The monoisotopic (exact) mass is 401 g/mol. The fraction of sp³-hybridized carbons (Fsp3) is 0.273. The van der Waals surface area contributed by atoms with E-state index in [0.717, 1.165) is 30.9 Å². The number of alkyl halides is 3. The van der Waals surface area contributed by atoms with Gasteiger partial charge in [-0.05, 0) is 42.2 Å². The molecule has 0 fully saturated rings. The van der Waals surface area contributed by atoms with E-state index in [0.29, 0.717) is 22.5 Å². The first kappa shape index (κ1) is 20.6. The number of amides is 1. The van der Waals surface area contributed by atoms with Crippen molar-refractivity contribution in [2.24, 2.45) is 5.73 Å². The van der Waals surface area contributed by atoms with E-state index >= 15 is 0 Å². The Morgan fingerprint density at radius 2 is 1.66 bits per heavy atom. The lowest BCUT2D eigenvalue weighted by atomic mass is 10.0. The van der Waals surface area contributed by atoms with Crippen LogP contribution in [0.5, 0.6) is 0 Å². The minimum atomic E-state index is -4.55. The third kappa shape index (κ3) is 5.04. The number of benzene rings is 2. The van der Waals surface area contributed by atoms with Crippen molar-refractivity contribution >= 4 is 5.91 Å². The Morgan fingerprint density at radius 3 is 2.21 bits per heavy atom. The van der Waals surface area contributed by atoms with E-state index in [9.17, 15) is 18.0 Å². The molecule has 29 heavy (non-hydrogen) atoms. The van der Waals surface area contributed by atoms with Crippen LogP contribution in [0.4, 0.5) is 13.2 Å². The lowest BCUT2D eigenvalue weighted by molar-refractivity contribution is -0.141. The van der Waals surface area contributed by atoms with Gasteiger partial charge in [0, 0.05) is 5.56 Å². The van der Waals surface area contributed by atoms with Crippen molar-refractivity contribution in [2.45, 2.75) is 38.8 Å². The van der Waals surface area contributed by atoms with Gasteiger partial charge >= 0.3 is 6.18 Å². The molecule has 1 heterocycles. The standard InChI is InChI=1S/C22H22F3N3O/c1-2-3-4-15-5-9-17(10-6-15)19-14-20(22(23,24)25)27-28(19)18-11-7-16(8-12-18)13-21(26)29/h5-12,14H,2-4,13H2,1H3,(H2,26,29). The second kappa shape index (κ2) is 8.51. The summed E-state index contributed by atoms with van der Waals surface area (Å²) in [6.07, 6.45) is -1.40. The summed E-state index contributed by atoms with van der Waals surface area (Å²) in [5.74, 6) is -0.472. The van der Waals surface area contributed by atoms with E-state index in [1.807, 2.05) is 24.3 Å². The Balaban J connectivity index is 2.00. The highest BCUT2D eigenvalue weighted by Gasteiger charge is 2.35. The van der Waals surface area contributed by atoms with Crippen LogP contribution in [0.2, 0.25) is 0 Å². The lowest BCUT2D eigenvalue weighted by Gasteiger charge is -2.09. The molecule has 3 aromatic rings. The van der Waals surface area contributed by atoms with Gasteiger partial charge in [-0.25, -0.2) is 4.68 Å². The molecular formula is C22H22F3N3O. The zero-order chi connectivity index (χ0) is 21.0. The molecule has 1 amide bonds. The maximum absolute atomic E-state index is 13.3. The molecule has 1 aromatic heterocycles. The molecule has 3 rings (SSSR count). The molecule has 0 bridgehead atoms. The average Bonchev–Trinajstić information content (AvgIpc) is 3.13. The highest BCUT2D eigenvalue weighted by atomic mass is 19.4. The summed E-state index contributed by atoms with van der Waals surface area (Å²) in [6, 6.07) is 15.1. The van der Waals surface area contributed by atoms with Crippen molar-refractivity contribution in [3.63, 3.8) is 0 Å². The van der Waals surface area contributed by atoms with Crippen LogP contribution in [0.15, 0.2) is 54.6 Å². The number of nitrogens with zero attached hydrogens (tertiary/aromatic N) is 2. The summed E-state index contributed by atoms with van der Waals surface area (Å²) in [5, 5.41) is 3.79. The van der Waals surface area contributed by atoms with Crippen LogP contribution in [0, 0.1) is 0 Å². The Hall–Kier alpha value is -3.09. The Kier molecular flexibility index (Phi) is 6.06. The molecule has 0 atom stereocenters. The number of primary amides is 1. The normalized spacial score (nSPS) is 11.6. The van der Waals surface area contributed by atoms with Gasteiger partial charge in [-0.3, -0.25) is 4.79 Å². The van der Waals surface area contributed by atoms with Gasteiger partial charge < -0.3 is 5.73 Å². The average molecular weight is 401 g/mol. The number of carbonyl (C=O) groups excluding carboxylic acids is 1. The van der Waals surface area contributed by atoms with Crippen molar-refractivity contribution in [3.8, 4) is 16.9 Å². The molecule has 0 saturated carbocycles. The van der Waals surface area contributed by atoms with Gasteiger partial charge in [0.25, 0.3) is 0 Å². The second-order valence-corrected chi connectivity index (χ2v) is 6.93. The second-order valence-electron chi connectivity index (χ2n) is 6.93. The zero-order valence-corrected chi connectivity index (χ0v) is 16.0. The highest BCUT2D eigenvalue weighted by molar-refractivity contribution is 5.76. The quantitative estimate of drug-likeness (QED) is 0.610. The van der Waals surface area contributed by atoms with Gasteiger partial charge in [-0.15, -0.1) is 0 Å². The summed E-state index contributed by atoms with van der Waals surface area (Å²) >= 11 is 0. The number of aromatic nitrogens is 2. The molecular weight excluding hydrogens is 379 g/mol. The maximum atomic E-state index is 13.3. The van der Waals surface area contributed by atoms with Crippen LogP contribution in [-0.4, -0.2) is 15.7 Å². The minimum Gasteiger partial charge on any atom is -0.369 e. The molecule has 0 unspecified atom stereocenters. The number of halogens is 3. The summed E-state index contributed by atoms with van der Waals surface area (Å²) in [4.78, 5) is 11.0. The summed E-state index contributed by atoms with van der Waals surface area (Å²) in [7, 11) is 0. The molecule has 4 nitrogen and oxygen atoms in total. The maximum Gasteiger partial charge on any atom is 0.435 e. The van der Waals surface area contributed by atoms with E-state index in [-0.39, 0.29) is 6.42 Å². The topological polar surface area (TPSA) is 60.9 Å². The predicted octanol–water partition coefficient (Wildman–Crippen LogP) is 4.93. The highest BCUT2D eigenvalue weighted by Crippen LogP contribution is 2.33. The summed E-state index contributed by atoms with van der Waals surface area (Å²) < 4.78 is 41.2. The molecule has 7 heteroatoms. The predicted molar refractivity (Wildman–Crippen MR) is 106 cm³/mol. The number of rotatable bonds is 7. The van der Waals surface area contributed by atoms with Gasteiger partial charge in [-0.1, -0.05) is 49.7 Å². The summed E-state index contributed by atoms with van der Waals surface area (Å²) in [5.41, 5.74) is 7.53. The van der Waals surface area contributed by atoms with Gasteiger partial charge in [-0.2, -0.15) is 18.3 Å². The molecule has 0 aliphatic rings. The first-order valence-corrected chi connectivity index (χ1v) is 9.42. The first-order chi connectivity index (χ1) is 13.8. The number of hydrogen-bond acceptors (Lipinski definition) is 2. The van der Waals surface area contributed by atoms with Crippen molar-refractivity contribution in [1.29, 1.82) is 0 Å². The van der Waals surface area contributed by atoms with Crippen molar-refractivity contribution in [3.05, 3.63) is 71.4 Å². The molecule has 0 aliphatic carbocycles. The molecule has 152 valence electrons. The molecule has 2 aromatic carbocycles. The van der Waals surface area contributed by atoms with Gasteiger partial charge in [0.2, 0.25) is 5.91 Å². The minimum absolute atomic E-state index is 0.0687. The largest absolute Gasteiger partial charge is 0.435 e. The van der Waals surface area contributed by atoms with E-state index in [1.54, 1.807) is 24.3 Å². The lowest BCUT2D eigenvalue weighted by Crippen LogP contribution is -2.13. The van der Waals surface area contributed by atoms with Crippen LogP contribution in [0.1, 0.15) is 36.6 Å². The van der Waals surface area contributed by atoms with E-state index in [2.05, 4.69) is 12.0 Å². The molecule has 0 radical (unpaired) electrons. The van der Waals surface area contributed by atoms with E-state index < -0.39 is 17.8 Å². The molecule has 2 N–H and O–H groups in total. The van der Waals surface area contributed by atoms with Crippen LogP contribution in [0.3, 0.4) is 0 Å². The number of carbonyl (C=O) groups is 1. The van der Waals surface area contributed by atoms with Gasteiger partial charge in [0.05, 0.1) is 17.8 Å². The van der Waals surface area contributed by atoms with Crippen LogP contribution < -0.4 is 5.73 Å². The number of aryl methyl sites for hydroxylation is 1. The van der Waals surface area contributed by atoms with Crippen LogP contribution in [0.25, 0.3) is 16.9 Å². The fourth-order valence-corrected chi connectivity index (χ4v) is 3.10. The van der Waals surface area contributed by atoms with Crippen LogP contribution in [-0.2, 0) is 23.8 Å². The SMILES string of the molecule is CCCCc1ccc(-c2cc(C(F)(F)F)nn2-c2ccc(CC(N)=O)cc2)cc1. The van der Waals surface area contributed by atoms with E-state index in [1.165, 1.54) is 4.68 Å². The summed E-state index contributed by atoms with van der Waals surface area (Å²) in [6.45, 7) is 2.11. The van der Waals surface area contributed by atoms with Gasteiger partial charge in [0.15, 0.2) is 5.69 Å². The third-order valence-electron chi connectivity index (χ3n) is 4.63. The van der Waals surface area contributed by atoms with Crippen molar-refractivity contribution in [2.75, 3.05) is 0 Å². The fourth-order valence-electron chi connectivity index (χ4n) is 3.10. The number of unbranched alkanes of at least 4 members (excludes halogenated alkanes) is 1. The zero-order valence-electron chi connectivity index (χ0n) is 16.0. The Morgan fingerprint density at radius 1 is 1.03 bits per heavy atom. The van der Waals surface area contributed by atoms with Crippen molar-refractivity contribution in [1.82, 2.24) is 9.78 Å². The Labute approximate surface area is 167 Å². The molecule has 0 spiro atoms. The first-order valence-electron chi connectivity index (χ1n) is 9.42. The number of hydrogen-bond donors (Lipinski definition) is 1. The van der Waals surface area contributed by atoms with Gasteiger partial charge in [0.1, 0.15) is 0 Å².